The van der Waals surface area contributed by atoms with Crippen LogP contribution in [-0.2, 0) is 4.74 Å². The SMILES string of the molecule is CCOC(=O)c1nc(-c2ccco2)no1. The first-order valence-corrected chi connectivity index (χ1v) is 4.36. The molecule has 2 heterocycles. The molecule has 0 bridgehead atoms. The predicted octanol–water partition coefficient (Wildman–Crippen LogP) is 1.51. The lowest BCUT2D eigenvalue weighted by Crippen LogP contribution is -2.04. The fraction of sp³-hybridized carbons (Fsp3) is 0.222. The summed E-state index contributed by atoms with van der Waals surface area (Å²) in [6.45, 7) is 1.96. The maximum atomic E-state index is 11.2. The van der Waals surface area contributed by atoms with Crippen LogP contribution >= 0.6 is 0 Å². The van der Waals surface area contributed by atoms with Gasteiger partial charge in [0.15, 0.2) is 5.76 Å². The maximum Gasteiger partial charge on any atom is 0.397 e. The van der Waals surface area contributed by atoms with E-state index < -0.39 is 5.97 Å². The molecule has 0 saturated heterocycles. The molecule has 6 heteroatoms. The smallest absolute Gasteiger partial charge is 0.397 e. The van der Waals surface area contributed by atoms with Gasteiger partial charge in [0.1, 0.15) is 0 Å². The predicted molar refractivity (Wildman–Crippen MR) is 48.0 cm³/mol. The minimum Gasteiger partial charge on any atom is -0.461 e. The first-order valence-electron chi connectivity index (χ1n) is 4.36. The van der Waals surface area contributed by atoms with Crippen molar-refractivity contribution in [3.05, 3.63) is 24.3 Å². The van der Waals surface area contributed by atoms with Gasteiger partial charge in [-0.25, -0.2) is 4.79 Å². The summed E-state index contributed by atoms with van der Waals surface area (Å²) in [4.78, 5) is 15.0. The molecule has 2 aromatic rings. The highest BCUT2D eigenvalue weighted by Crippen LogP contribution is 2.15. The number of furan rings is 1. The second-order valence-corrected chi connectivity index (χ2v) is 2.62. The summed E-state index contributed by atoms with van der Waals surface area (Å²) in [5.74, 6) is -0.150. The lowest BCUT2D eigenvalue weighted by atomic mass is 10.4. The van der Waals surface area contributed by atoms with Crippen LogP contribution in [0.2, 0.25) is 0 Å². The van der Waals surface area contributed by atoms with Crippen molar-refractivity contribution in [3.8, 4) is 11.6 Å². The van der Waals surface area contributed by atoms with Crippen molar-refractivity contribution < 1.29 is 18.5 Å². The molecular formula is C9H8N2O4. The number of carbonyl (C=O) groups excluding carboxylic acids is 1. The quantitative estimate of drug-likeness (QED) is 0.711. The highest BCUT2D eigenvalue weighted by atomic mass is 16.6. The van der Waals surface area contributed by atoms with E-state index in [0.29, 0.717) is 5.76 Å². The van der Waals surface area contributed by atoms with E-state index in [1.54, 1.807) is 19.1 Å². The van der Waals surface area contributed by atoms with Crippen molar-refractivity contribution in [2.75, 3.05) is 6.61 Å². The van der Waals surface area contributed by atoms with E-state index in [4.69, 9.17) is 13.7 Å². The summed E-state index contributed by atoms with van der Waals surface area (Å²) >= 11 is 0. The van der Waals surface area contributed by atoms with E-state index >= 15 is 0 Å². The lowest BCUT2D eigenvalue weighted by Gasteiger charge is -1.93. The van der Waals surface area contributed by atoms with Crippen molar-refractivity contribution >= 4 is 5.97 Å². The van der Waals surface area contributed by atoms with Crippen molar-refractivity contribution in [2.24, 2.45) is 0 Å². The highest BCUT2D eigenvalue weighted by Gasteiger charge is 2.17. The van der Waals surface area contributed by atoms with Crippen molar-refractivity contribution in [2.45, 2.75) is 6.92 Å². The van der Waals surface area contributed by atoms with Crippen LogP contribution in [0.25, 0.3) is 11.6 Å². The Morgan fingerprint density at radius 2 is 2.47 bits per heavy atom. The standard InChI is InChI=1S/C9H8N2O4/c1-2-13-9(12)8-10-7(11-15-8)6-4-3-5-14-6/h3-5H,2H2,1H3. The first kappa shape index (κ1) is 9.45. The summed E-state index contributed by atoms with van der Waals surface area (Å²) in [6.07, 6.45) is 1.48. The molecule has 0 N–H and O–H groups in total. The molecule has 15 heavy (non-hydrogen) atoms. The van der Waals surface area contributed by atoms with Crippen LogP contribution in [0, 0.1) is 0 Å². The van der Waals surface area contributed by atoms with Crippen LogP contribution in [0.15, 0.2) is 27.3 Å². The minimum atomic E-state index is -0.636. The third-order valence-electron chi connectivity index (χ3n) is 1.62. The summed E-state index contributed by atoms with van der Waals surface area (Å²) in [7, 11) is 0. The summed E-state index contributed by atoms with van der Waals surface area (Å²) in [5, 5.41) is 3.58. The molecule has 0 amide bonds. The average Bonchev–Trinajstić information content (AvgIpc) is 2.89. The molecule has 2 aromatic heterocycles. The fourth-order valence-electron chi connectivity index (χ4n) is 1.01. The van der Waals surface area contributed by atoms with Crippen LogP contribution in [0.4, 0.5) is 0 Å². The fourth-order valence-corrected chi connectivity index (χ4v) is 1.01. The van der Waals surface area contributed by atoms with Crippen LogP contribution in [-0.4, -0.2) is 22.7 Å². The van der Waals surface area contributed by atoms with Crippen LogP contribution in [0.1, 0.15) is 17.6 Å². The summed E-state index contributed by atoms with van der Waals surface area (Å²) in [5.41, 5.74) is 0. The zero-order valence-corrected chi connectivity index (χ0v) is 7.97. The van der Waals surface area contributed by atoms with Gasteiger partial charge in [0.25, 0.3) is 0 Å². The molecule has 0 atom stereocenters. The second kappa shape index (κ2) is 3.95. The Hall–Kier alpha value is -2.11. The number of carbonyl (C=O) groups is 1. The zero-order chi connectivity index (χ0) is 10.7. The monoisotopic (exact) mass is 208 g/mol. The molecule has 0 fully saturated rings. The highest BCUT2D eigenvalue weighted by molar-refractivity contribution is 5.84. The van der Waals surface area contributed by atoms with Crippen molar-refractivity contribution in [1.29, 1.82) is 0 Å². The average molecular weight is 208 g/mol. The number of esters is 1. The first-order chi connectivity index (χ1) is 7.31. The van der Waals surface area contributed by atoms with Crippen molar-refractivity contribution in [3.63, 3.8) is 0 Å². The summed E-state index contributed by atoms with van der Waals surface area (Å²) < 4.78 is 14.4. The van der Waals surface area contributed by atoms with E-state index in [1.165, 1.54) is 6.26 Å². The van der Waals surface area contributed by atoms with Gasteiger partial charge in [-0.2, -0.15) is 4.98 Å². The lowest BCUT2D eigenvalue weighted by molar-refractivity contribution is 0.0470. The largest absolute Gasteiger partial charge is 0.461 e. The Labute approximate surface area is 84.8 Å². The molecule has 6 nitrogen and oxygen atoms in total. The van der Waals surface area contributed by atoms with Crippen molar-refractivity contribution in [1.82, 2.24) is 10.1 Å². The summed E-state index contributed by atoms with van der Waals surface area (Å²) in [6, 6.07) is 3.36. The molecular weight excluding hydrogens is 200 g/mol. The van der Waals surface area contributed by atoms with Gasteiger partial charge in [-0.3, -0.25) is 0 Å². The van der Waals surface area contributed by atoms with Gasteiger partial charge in [0.05, 0.1) is 12.9 Å². The number of nitrogens with zero attached hydrogens (tertiary/aromatic N) is 2. The molecule has 0 saturated carbocycles. The maximum absolute atomic E-state index is 11.2. The topological polar surface area (TPSA) is 78.4 Å². The number of rotatable bonds is 3. The third kappa shape index (κ3) is 1.88. The van der Waals surface area contributed by atoms with Gasteiger partial charge < -0.3 is 13.7 Å². The van der Waals surface area contributed by atoms with Gasteiger partial charge in [-0.1, -0.05) is 5.16 Å². The number of aromatic nitrogens is 2. The van der Waals surface area contributed by atoms with E-state index in [9.17, 15) is 4.79 Å². The molecule has 0 aliphatic rings. The van der Waals surface area contributed by atoms with E-state index in [0.717, 1.165) is 0 Å². The van der Waals surface area contributed by atoms with E-state index in [-0.39, 0.29) is 18.3 Å². The second-order valence-electron chi connectivity index (χ2n) is 2.62. The van der Waals surface area contributed by atoms with Gasteiger partial charge in [0.2, 0.25) is 5.82 Å². The normalized spacial score (nSPS) is 10.2. The van der Waals surface area contributed by atoms with Crippen LogP contribution in [0.5, 0.6) is 0 Å². The molecule has 0 aliphatic carbocycles. The van der Waals surface area contributed by atoms with Gasteiger partial charge in [0, 0.05) is 0 Å². The Kier molecular flexibility index (Phi) is 2.49. The number of ether oxygens (including phenoxy) is 1. The Morgan fingerprint density at radius 1 is 1.60 bits per heavy atom. The third-order valence-corrected chi connectivity index (χ3v) is 1.62. The molecule has 0 aromatic carbocycles. The number of hydrogen-bond acceptors (Lipinski definition) is 6. The Bertz CT molecular complexity index is 446. The van der Waals surface area contributed by atoms with E-state index in [1.807, 2.05) is 0 Å². The molecule has 2 rings (SSSR count). The molecule has 0 spiro atoms. The minimum absolute atomic E-state index is 0.178. The molecule has 0 radical (unpaired) electrons. The van der Waals surface area contributed by atoms with Gasteiger partial charge >= 0.3 is 11.9 Å². The van der Waals surface area contributed by atoms with Crippen LogP contribution in [0.3, 0.4) is 0 Å². The van der Waals surface area contributed by atoms with Crippen LogP contribution < -0.4 is 0 Å². The number of hydrogen-bond donors (Lipinski definition) is 0. The Morgan fingerprint density at radius 3 is 3.13 bits per heavy atom. The molecule has 0 unspecified atom stereocenters. The zero-order valence-electron chi connectivity index (χ0n) is 7.97. The molecule has 0 aliphatic heterocycles. The Balaban J connectivity index is 2.21. The van der Waals surface area contributed by atoms with Gasteiger partial charge in [-0.15, -0.1) is 0 Å². The van der Waals surface area contributed by atoms with E-state index in [2.05, 4.69) is 10.1 Å². The molecule has 78 valence electrons. The van der Waals surface area contributed by atoms with Gasteiger partial charge in [-0.05, 0) is 19.1 Å².